The highest BCUT2D eigenvalue weighted by Crippen LogP contribution is 2.25. The molecule has 0 spiro atoms. The van der Waals surface area contributed by atoms with Gasteiger partial charge in [0, 0.05) is 64.6 Å². The number of halogens is 2. The zero-order valence-electron chi connectivity index (χ0n) is 27.6. The maximum Gasteiger partial charge on any atom is 0.414 e. The molecule has 2 heterocycles. The Labute approximate surface area is 281 Å². The standard InChI is InChI=1S/C31H55N5O7.2ClH/c1-22(2)24(21-35-31(39)43-30-28(9-8-10-34-30)42-16-7-6-15-40-5)19-26(32)27(37)20-25(23(3)4)29(38)33-11-12-36-13-17-41-18-14-36;;/h8-10,22-27,37H,6-7,11-21,32H2,1-5H3,(H,33,38)(H,35,39);2*1H/t24-,25+,26+,27+;;/m1../s1. The minimum Gasteiger partial charge on any atom is -0.488 e. The summed E-state index contributed by atoms with van der Waals surface area (Å²) >= 11 is 0. The number of nitrogens with two attached hydrogens (primary N) is 1. The third kappa shape index (κ3) is 17.0. The monoisotopic (exact) mass is 681 g/mol. The smallest absolute Gasteiger partial charge is 0.414 e. The van der Waals surface area contributed by atoms with Gasteiger partial charge in [0.05, 0.1) is 25.9 Å². The predicted octanol–water partition coefficient (Wildman–Crippen LogP) is 3.28. The van der Waals surface area contributed by atoms with Crippen LogP contribution < -0.4 is 25.8 Å². The maximum absolute atomic E-state index is 13.0. The van der Waals surface area contributed by atoms with Gasteiger partial charge >= 0.3 is 6.09 Å². The van der Waals surface area contributed by atoms with Crippen molar-refractivity contribution < 1.29 is 33.6 Å². The number of amides is 2. The number of hydrogen-bond donors (Lipinski definition) is 4. The summed E-state index contributed by atoms with van der Waals surface area (Å²) in [5.74, 6) is 0.293. The van der Waals surface area contributed by atoms with Crippen LogP contribution in [0.3, 0.4) is 0 Å². The minimum absolute atomic E-state index is 0. The molecule has 1 saturated heterocycles. The van der Waals surface area contributed by atoms with E-state index in [1.807, 2.05) is 27.7 Å². The largest absolute Gasteiger partial charge is 0.488 e. The number of aliphatic hydroxyl groups is 1. The Morgan fingerprint density at radius 2 is 1.76 bits per heavy atom. The fourth-order valence-corrected chi connectivity index (χ4v) is 4.94. The molecule has 1 aromatic heterocycles. The molecule has 0 aliphatic carbocycles. The fourth-order valence-electron chi connectivity index (χ4n) is 4.94. The number of hydrogen-bond acceptors (Lipinski definition) is 10. The molecule has 262 valence electrons. The molecule has 2 amide bonds. The van der Waals surface area contributed by atoms with Crippen LogP contribution in [0, 0.1) is 23.7 Å². The SMILES string of the molecule is COCCCCOc1cccnc1OC(=O)NC[C@@H](C[C@H](N)[C@@H](O)C[C@H](C(=O)NCCN1CCOCC1)C(C)C)C(C)C.Cl.Cl. The van der Waals surface area contributed by atoms with Crippen LogP contribution >= 0.6 is 24.8 Å². The summed E-state index contributed by atoms with van der Waals surface area (Å²) in [5, 5.41) is 16.8. The lowest BCUT2D eigenvalue weighted by molar-refractivity contribution is -0.127. The average Bonchev–Trinajstić information content (AvgIpc) is 2.98. The van der Waals surface area contributed by atoms with E-state index in [0.717, 1.165) is 45.7 Å². The van der Waals surface area contributed by atoms with E-state index in [-0.39, 0.29) is 66.7 Å². The summed E-state index contributed by atoms with van der Waals surface area (Å²) in [6.45, 7) is 14.0. The maximum atomic E-state index is 13.0. The molecule has 0 saturated carbocycles. The molecule has 2 rings (SSSR count). The van der Waals surface area contributed by atoms with Gasteiger partial charge in [-0.1, -0.05) is 27.7 Å². The highest BCUT2D eigenvalue weighted by atomic mass is 35.5. The van der Waals surface area contributed by atoms with E-state index in [4.69, 9.17) is 24.7 Å². The number of aliphatic hydroxyl groups excluding tert-OH is 1. The highest BCUT2D eigenvalue weighted by molar-refractivity contribution is 5.85. The van der Waals surface area contributed by atoms with Crippen molar-refractivity contribution in [1.29, 1.82) is 0 Å². The Morgan fingerprint density at radius 3 is 2.40 bits per heavy atom. The summed E-state index contributed by atoms with van der Waals surface area (Å²) < 4.78 is 21.6. The summed E-state index contributed by atoms with van der Waals surface area (Å²) in [4.78, 5) is 32.0. The molecule has 14 heteroatoms. The van der Waals surface area contributed by atoms with Crippen molar-refractivity contribution in [3.8, 4) is 11.6 Å². The van der Waals surface area contributed by atoms with E-state index in [1.54, 1.807) is 19.2 Å². The number of nitrogens with zero attached hydrogens (tertiary/aromatic N) is 2. The van der Waals surface area contributed by atoms with Crippen molar-refractivity contribution in [1.82, 2.24) is 20.5 Å². The van der Waals surface area contributed by atoms with Crippen molar-refractivity contribution in [3.63, 3.8) is 0 Å². The molecule has 1 fully saturated rings. The predicted molar refractivity (Wildman–Crippen MR) is 180 cm³/mol. The van der Waals surface area contributed by atoms with Crippen LogP contribution in [0.15, 0.2) is 18.3 Å². The van der Waals surface area contributed by atoms with Gasteiger partial charge in [0.2, 0.25) is 5.91 Å². The molecule has 0 unspecified atom stereocenters. The van der Waals surface area contributed by atoms with Crippen LogP contribution in [0.1, 0.15) is 53.4 Å². The second kappa shape index (κ2) is 24.3. The Kier molecular flexibility index (Phi) is 23.2. The highest BCUT2D eigenvalue weighted by Gasteiger charge is 2.30. The van der Waals surface area contributed by atoms with Gasteiger partial charge in [0.25, 0.3) is 5.88 Å². The van der Waals surface area contributed by atoms with Gasteiger partial charge in [-0.15, -0.1) is 24.8 Å². The first kappa shape index (κ1) is 43.1. The number of morpholine rings is 1. The molecular weight excluding hydrogens is 625 g/mol. The molecule has 4 atom stereocenters. The van der Waals surface area contributed by atoms with E-state index in [2.05, 4.69) is 20.5 Å². The van der Waals surface area contributed by atoms with Crippen molar-refractivity contribution in [2.75, 3.05) is 66.3 Å². The first-order valence-electron chi connectivity index (χ1n) is 15.7. The normalized spacial score (nSPS) is 16.1. The quantitative estimate of drug-likeness (QED) is 0.151. The third-order valence-electron chi connectivity index (χ3n) is 7.91. The number of methoxy groups -OCH3 is 1. The zero-order chi connectivity index (χ0) is 31.6. The van der Waals surface area contributed by atoms with Gasteiger partial charge in [0.15, 0.2) is 5.75 Å². The molecule has 0 aromatic carbocycles. The van der Waals surface area contributed by atoms with Crippen molar-refractivity contribution in [2.45, 2.75) is 65.5 Å². The third-order valence-corrected chi connectivity index (χ3v) is 7.91. The van der Waals surface area contributed by atoms with Crippen LogP contribution in [0.25, 0.3) is 0 Å². The second-order valence-electron chi connectivity index (χ2n) is 11.9. The van der Waals surface area contributed by atoms with E-state index in [1.165, 1.54) is 6.20 Å². The van der Waals surface area contributed by atoms with Crippen molar-refractivity contribution in [2.24, 2.45) is 29.4 Å². The van der Waals surface area contributed by atoms with Crippen molar-refractivity contribution in [3.05, 3.63) is 18.3 Å². The lowest BCUT2D eigenvalue weighted by Gasteiger charge is -2.30. The Hall–Kier alpha value is -1.93. The first-order valence-corrected chi connectivity index (χ1v) is 15.7. The number of carbonyl (C=O) groups is 2. The van der Waals surface area contributed by atoms with E-state index in [9.17, 15) is 14.7 Å². The van der Waals surface area contributed by atoms with E-state index >= 15 is 0 Å². The lowest BCUT2D eigenvalue weighted by Crippen LogP contribution is -2.45. The molecular formula is C31H57Cl2N5O7. The van der Waals surface area contributed by atoms with Crippen LogP contribution in [0.4, 0.5) is 4.79 Å². The minimum atomic E-state index is -0.859. The van der Waals surface area contributed by atoms with Crippen molar-refractivity contribution >= 4 is 36.8 Å². The molecule has 1 aliphatic heterocycles. The van der Waals surface area contributed by atoms with Gasteiger partial charge in [-0.25, -0.2) is 9.78 Å². The van der Waals surface area contributed by atoms with Crippen LogP contribution in [-0.4, -0.2) is 105 Å². The van der Waals surface area contributed by atoms with Crippen LogP contribution in [0.2, 0.25) is 0 Å². The molecule has 0 bridgehead atoms. The van der Waals surface area contributed by atoms with E-state index in [0.29, 0.717) is 38.5 Å². The van der Waals surface area contributed by atoms with Gasteiger partial charge in [0.1, 0.15) is 0 Å². The molecule has 45 heavy (non-hydrogen) atoms. The fraction of sp³-hybridized carbons (Fsp3) is 0.774. The average molecular weight is 683 g/mol. The molecule has 5 N–H and O–H groups in total. The van der Waals surface area contributed by atoms with Crippen LogP contribution in [0.5, 0.6) is 11.6 Å². The second-order valence-corrected chi connectivity index (χ2v) is 11.9. The zero-order valence-corrected chi connectivity index (χ0v) is 29.2. The van der Waals surface area contributed by atoms with E-state index < -0.39 is 18.2 Å². The first-order chi connectivity index (χ1) is 20.6. The number of nitrogens with one attached hydrogen (secondary N) is 2. The summed E-state index contributed by atoms with van der Waals surface area (Å²) in [5.41, 5.74) is 6.45. The van der Waals surface area contributed by atoms with Gasteiger partial charge in [-0.2, -0.15) is 0 Å². The Balaban J connectivity index is 0.00000968. The summed E-state index contributed by atoms with van der Waals surface area (Å²) in [7, 11) is 1.66. The van der Waals surface area contributed by atoms with Gasteiger partial charge < -0.3 is 40.4 Å². The number of rotatable bonds is 20. The van der Waals surface area contributed by atoms with Crippen LogP contribution in [-0.2, 0) is 14.3 Å². The number of ether oxygens (including phenoxy) is 4. The lowest BCUT2D eigenvalue weighted by atomic mass is 9.83. The molecule has 0 radical (unpaired) electrons. The number of aromatic nitrogens is 1. The molecule has 12 nitrogen and oxygen atoms in total. The van der Waals surface area contributed by atoms with Gasteiger partial charge in [-0.05, 0) is 55.6 Å². The molecule has 1 aromatic rings. The Bertz CT molecular complexity index is 941. The summed E-state index contributed by atoms with van der Waals surface area (Å²) in [6.07, 6.45) is 2.44. The topological polar surface area (TPSA) is 158 Å². The number of unbranched alkanes of at least 4 members (excludes halogenated alkanes) is 1. The number of carbonyl (C=O) groups excluding carboxylic acids is 2. The van der Waals surface area contributed by atoms with Gasteiger partial charge in [-0.3, -0.25) is 9.69 Å². The summed E-state index contributed by atoms with van der Waals surface area (Å²) in [6, 6.07) is 2.87. The Morgan fingerprint density at radius 1 is 1.07 bits per heavy atom. The number of pyridine rings is 1. The molecule has 1 aliphatic rings.